The van der Waals surface area contributed by atoms with Crippen LogP contribution in [-0.2, 0) is 0 Å². The molecule has 0 spiro atoms. The van der Waals surface area contributed by atoms with Crippen LogP contribution in [0.25, 0.3) is 11.1 Å². The number of aromatic amines is 1. The molecule has 5 heteroatoms. The average Bonchev–Trinajstić information content (AvgIpc) is 2.51. The second-order valence-corrected chi connectivity index (χ2v) is 5.26. The molecule has 0 atom stereocenters. The highest BCUT2D eigenvalue weighted by molar-refractivity contribution is 5.78. The van der Waals surface area contributed by atoms with Crippen LogP contribution < -0.4 is 15.0 Å². The van der Waals surface area contributed by atoms with Gasteiger partial charge in [0.15, 0.2) is 11.5 Å². The summed E-state index contributed by atoms with van der Waals surface area (Å²) in [5.41, 5.74) is 2.29. The van der Waals surface area contributed by atoms with Crippen LogP contribution in [0.1, 0.15) is 18.2 Å². The molecule has 0 unspecified atom stereocenters. The Balaban J connectivity index is 2.71. The van der Waals surface area contributed by atoms with E-state index >= 15 is 0 Å². The number of para-hydroxylation sites is 1. The topological polar surface area (TPSA) is 75.1 Å². The molecule has 0 aliphatic rings. The minimum absolute atomic E-state index is 0.0454. The first-order chi connectivity index (χ1) is 11.0. The quantitative estimate of drug-likeness (QED) is 0.861. The molecule has 0 aliphatic heterocycles. The van der Waals surface area contributed by atoms with E-state index in [0.29, 0.717) is 34.9 Å². The molecule has 0 aliphatic carbocycles. The van der Waals surface area contributed by atoms with E-state index in [1.807, 2.05) is 13.0 Å². The van der Waals surface area contributed by atoms with Crippen LogP contribution in [-0.4, -0.2) is 18.7 Å². The first kappa shape index (κ1) is 16.4. The fourth-order valence-corrected chi connectivity index (χ4v) is 2.24. The summed E-state index contributed by atoms with van der Waals surface area (Å²) < 4.78 is 11.2. The maximum Gasteiger partial charge on any atom is 0.266 e. The van der Waals surface area contributed by atoms with E-state index in [-0.39, 0.29) is 5.56 Å². The van der Waals surface area contributed by atoms with Gasteiger partial charge in [0, 0.05) is 16.8 Å². The molecule has 0 radical (unpaired) electrons. The molecule has 0 fully saturated rings. The van der Waals surface area contributed by atoms with Gasteiger partial charge in [0.2, 0.25) is 0 Å². The molecular weight excluding hydrogens is 292 g/mol. The van der Waals surface area contributed by atoms with Gasteiger partial charge in [0.1, 0.15) is 18.2 Å². The van der Waals surface area contributed by atoms with E-state index in [9.17, 15) is 10.1 Å². The van der Waals surface area contributed by atoms with Crippen molar-refractivity contribution in [2.45, 2.75) is 13.8 Å². The second kappa shape index (κ2) is 6.84. The van der Waals surface area contributed by atoms with Gasteiger partial charge in [-0.2, -0.15) is 5.26 Å². The van der Waals surface area contributed by atoms with Crippen LogP contribution >= 0.6 is 0 Å². The van der Waals surface area contributed by atoms with E-state index in [2.05, 4.69) is 11.6 Å². The maximum atomic E-state index is 12.0. The minimum Gasteiger partial charge on any atom is -0.493 e. The predicted octanol–water partition coefficient (Wildman–Crippen LogP) is 3.19. The van der Waals surface area contributed by atoms with Crippen molar-refractivity contribution in [3.05, 3.63) is 58.0 Å². The zero-order valence-electron chi connectivity index (χ0n) is 13.4. The first-order valence-electron chi connectivity index (χ1n) is 7.06. The predicted molar refractivity (Wildman–Crippen MR) is 88.8 cm³/mol. The van der Waals surface area contributed by atoms with Gasteiger partial charge < -0.3 is 14.5 Å². The maximum absolute atomic E-state index is 12.0. The van der Waals surface area contributed by atoms with E-state index in [4.69, 9.17) is 9.47 Å². The Labute approximate surface area is 134 Å². The highest BCUT2D eigenvalue weighted by Gasteiger charge is 2.17. The van der Waals surface area contributed by atoms with Crippen molar-refractivity contribution >= 4 is 0 Å². The lowest BCUT2D eigenvalue weighted by Crippen LogP contribution is -2.13. The molecule has 1 N–H and O–H groups in total. The summed E-state index contributed by atoms with van der Waals surface area (Å²) in [6, 6.07) is 9.07. The molecule has 2 aromatic rings. The number of nitriles is 1. The summed E-state index contributed by atoms with van der Waals surface area (Å²) in [7, 11) is 1.54. The van der Waals surface area contributed by atoms with Gasteiger partial charge in [-0.05, 0) is 31.6 Å². The van der Waals surface area contributed by atoms with Crippen LogP contribution in [0.3, 0.4) is 0 Å². The third-order valence-electron chi connectivity index (χ3n) is 3.23. The van der Waals surface area contributed by atoms with Crippen molar-refractivity contribution in [3.63, 3.8) is 0 Å². The number of rotatable bonds is 5. The number of hydrogen-bond acceptors (Lipinski definition) is 4. The lowest BCUT2D eigenvalue weighted by molar-refractivity contribution is 0.321. The Kier molecular flexibility index (Phi) is 4.87. The van der Waals surface area contributed by atoms with Crippen molar-refractivity contribution < 1.29 is 9.47 Å². The zero-order chi connectivity index (χ0) is 17.0. The number of pyridine rings is 1. The van der Waals surface area contributed by atoms with Gasteiger partial charge in [0.05, 0.1) is 7.11 Å². The lowest BCUT2D eigenvalue weighted by atomic mass is 9.99. The van der Waals surface area contributed by atoms with Crippen molar-refractivity contribution in [1.82, 2.24) is 4.98 Å². The number of hydrogen-bond donors (Lipinski definition) is 1. The minimum atomic E-state index is -0.420. The van der Waals surface area contributed by atoms with Crippen LogP contribution in [0.5, 0.6) is 11.5 Å². The third-order valence-corrected chi connectivity index (χ3v) is 3.23. The average molecular weight is 310 g/mol. The molecule has 0 saturated heterocycles. The van der Waals surface area contributed by atoms with Gasteiger partial charge in [-0.15, -0.1) is 0 Å². The highest BCUT2D eigenvalue weighted by Crippen LogP contribution is 2.39. The first-order valence-corrected chi connectivity index (χ1v) is 7.06. The zero-order valence-corrected chi connectivity index (χ0v) is 13.4. The van der Waals surface area contributed by atoms with E-state index < -0.39 is 5.56 Å². The van der Waals surface area contributed by atoms with Gasteiger partial charge in [-0.1, -0.05) is 18.7 Å². The second-order valence-electron chi connectivity index (χ2n) is 5.26. The molecule has 0 saturated carbocycles. The molecule has 118 valence electrons. The monoisotopic (exact) mass is 310 g/mol. The van der Waals surface area contributed by atoms with E-state index in [0.717, 1.165) is 5.57 Å². The summed E-state index contributed by atoms with van der Waals surface area (Å²) >= 11 is 0. The number of methoxy groups -OCH3 is 1. The third kappa shape index (κ3) is 3.43. The Morgan fingerprint density at radius 2 is 2.13 bits per heavy atom. The van der Waals surface area contributed by atoms with Gasteiger partial charge >= 0.3 is 0 Å². The lowest BCUT2D eigenvalue weighted by Gasteiger charge is -2.16. The van der Waals surface area contributed by atoms with Gasteiger partial charge in [0.25, 0.3) is 5.56 Å². The Morgan fingerprint density at radius 1 is 1.39 bits per heavy atom. The molecule has 1 heterocycles. The summed E-state index contributed by atoms with van der Waals surface area (Å²) in [6.07, 6.45) is 0. The van der Waals surface area contributed by atoms with Crippen LogP contribution in [0, 0.1) is 18.3 Å². The number of H-pyrrole nitrogens is 1. The Morgan fingerprint density at radius 3 is 2.74 bits per heavy atom. The number of nitrogens with one attached hydrogen (secondary N) is 1. The molecular formula is C18H18N2O3. The van der Waals surface area contributed by atoms with Gasteiger partial charge in [-0.25, -0.2) is 0 Å². The van der Waals surface area contributed by atoms with Crippen LogP contribution in [0.4, 0.5) is 0 Å². The fourth-order valence-electron chi connectivity index (χ4n) is 2.24. The molecule has 1 aromatic carbocycles. The number of ether oxygens (including phenoxy) is 2. The molecule has 1 aromatic heterocycles. The number of aryl methyl sites for hydroxylation is 1. The number of benzene rings is 1. The molecule has 0 bridgehead atoms. The van der Waals surface area contributed by atoms with Gasteiger partial charge in [-0.3, -0.25) is 4.79 Å². The molecule has 2 rings (SSSR count). The highest BCUT2D eigenvalue weighted by atomic mass is 16.5. The summed E-state index contributed by atoms with van der Waals surface area (Å²) in [6.45, 7) is 7.75. The van der Waals surface area contributed by atoms with Crippen molar-refractivity contribution in [1.29, 1.82) is 5.26 Å². The molecule has 23 heavy (non-hydrogen) atoms. The van der Waals surface area contributed by atoms with Crippen molar-refractivity contribution in [2.75, 3.05) is 13.7 Å². The summed E-state index contributed by atoms with van der Waals surface area (Å²) in [4.78, 5) is 14.7. The van der Waals surface area contributed by atoms with E-state index in [1.165, 1.54) is 0 Å². The number of nitrogens with zero attached hydrogens (tertiary/aromatic N) is 1. The fraction of sp³-hybridized carbons (Fsp3) is 0.222. The van der Waals surface area contributed by atoms with Crippen molar-refractivity contribution in [3.8, 4) is 28.7 Å². The smallest absolute Gasteiger partial charge is 0.266 e. The van der Waals surface area contributed by atoms with Crippen LogP contribution in [0.2, 0.25) is 0 Å². The normalized spacial score (nSPS) is 10.0. The van der Waals surface area contributed by atoms with Crippen LogP contribution in [0.15, 0.2) is 41.2 Å². The number of aromatic nitrogens is 1. The summed E-state index contributed by atoms with van der Waals surface area (Å²) in [5, 5.41) is 9.33. The van der Waals surface area contributed by atoms with E-state index in [1.54, 1.807) is 38.3 Å². The van der Waals surface area contributed by atoms with Crippen molar-refractivity contribution in [2.24, 2.45) is 0 Å². The SMILES string of the molecule is C=C(C)COc1c(OC)cccc1-c1cc(C)[nH]c(=O)c1C#N. The largest absolute Gasteiger partial charge is 0.493 e. The molecule has 0 amide bonds. The summed E-state index contributed by atoms with van der Waals surface area (Å²) in [5.74, 6) is 1.02. The Hall–Kier alpha value is -3.00. The molecule has 5 nitrogen and oxygen atoms in total. The standard InChI is InChI=1S/C18H18N2O3/c1-11(2)10-23-17-13(6-5-7-16(17)22-4)14-8-12(3)20-18(21)15(14)9-19/h5-8H,1,10H2,2-4H3,(H,20,21). The Bertz CT molecular complexity index is 844.